The molecule has 0 radical (unpaired) electrons. The second-order valence-corrected chi connectivity index (χ2v) is 9.49. The first-order valence-corrected chi connectivity index (χ1v) is 12.4. The molecule has 0 saturated carbocycles. The number of halogens is 2. The molecular formula is C30H37ClFN3O2. The summed E-state index contributed by atoms with van der Waals surface area (Å²) in [7, 11) is 3.27. The average Bonchev–Trinajstić information content (AvgIpc) is 2.87. The molecule has 5 nitrogen and oxygen atoms in total. The first kappa shape index (κ1) is 30.0. The summed E-state index contributed by atoms with van der Waals surface area (Å²) in [4.78, 5) is 34.3. The molecule has 0 N–H and O–H groups in total. The van der Waals surface area contributed by atoms with Crippen LogP contribution in [0, 0.1) is 18.7 Å². The van der Waals surface area contributed by atoms with Crippen molar-refractivity contribution in [1.29, 1.82) is 0 Å². The number of hydrogen-bond donors (Lipinski definition) is 0. The van der Waals surface area contributed by atoms with Gasteiger partial charge in [0.25, 0.3) is 5.91 Å². The first-order valence-electron chi connectivity index (χ1n) is 12.1. The first-order chi connectivity index (χ1) is 17.2. The van der Waals surface area contributed by atoms with Gasteiger partial charge in [0.1, 0.15) is 5.82 Å². The number of carbonyl (C=O) groups excluding carboxylic acids is 2. The maximum absolute atomic E-state index is 13.5. The number of hydrogen-bond acceptors (Lipinski definition) is 3. The summed E-state index contributed by atoms with van der Waals surface area (Å²) in [6.07, 6.45) is 5.85. The zero-order chi connectivity index (χ0) is 26.4. The predicted molar refractivity (Wildman–Crippen MR) is 152 cm³/mol. The van der Waals surface area contributed by atoms with Gasteiger partial charge in [0.05, 0.1) is 10.6 Å². The molecule has 1 fully saturated rings. The van der Waals surface area contributed by atoms with E-state index in [4.69, 9.17) is 11.6 Å². The highest BCUT2D eigenvalue weighted by atomic mass is 35.5. The van der Waals surface area contributed by atoms with Crippen LogP contribution >= 0.6 is 11.6 Å². The van der Waals surface area contributed by atoms with Gasteiger partial charge in [0.2, 0.25) is 5.78 Å². The number of rotatable bonds is 7. The molecular weight excluding hydrogens is 489 g/mol. The van der Waals surface area contributed by atoms with E-state index in [9.17, 15) is 14.0 Å². The van der Waals surface area contributed by atoms with Gasteiger partial charge in [-0.2, -0.15) is 0 Å². The van der Waals surface area contributed by atoms with E-state index < -0.39 is 0 Å². The average molecular weight is 526 g/mol. The Morgan fingerprint density at radius 1 is 1.19 bits per heavy atom. The normalized spacial score (nSPS) is 14.7. The molecule has 0 bridgehead atoms. The van der Waals surface area contributed by atoms with Crippen molar-refractivity contribution in [2.45, 2.75) is 40.5 Å². The molecule has 1 heterocycles. The Balaban J connectivity index is 0.00000481. The zero-order valence-corrected chi connectivity index (χ0v) is 22.1. The molecule has 2 aromatic carbocycles. The number of amides is 1. The minimum Gasteiger partial charge on any atom is -0.339 e. The summed E-state index contributed by atoms with van der Waals surface area (Å²) in [5.41, 5.74) is 3.39. The van der Waals surface area contributed by atoms with Crippen LogP contribution in [0.1, 0.15) is 54.2 Å². The minimum absolute atomic E-state index is 0. The second kappa shape index (κ2) is 13.3. The van der Waals surface area contributed by atoms with Crippen molar-refractivity contribution in [2.24, 2.45) is 10.9 Å². The maximum atomic E-state index is 13.5. The SMILES string of the molecule is C.C=CN(C)C(=NC)C(=O)/C(=C/C)c1cc(C(=O)N2CCC(Cc3ccc(F)cc3)CC2)c(Cl)cc1C. The van der Waals surface area contributed by atoms with Crippen LogP contribution in [-0.2, 0) is 11.2 Å². The molecule has 3 rings (SSSR count). The molecule has 0 aromatic heterocycles. The van der Waals surface area contributed by atoms with E-state index in [2.05, 4.69) is 11.6 Å². The lowest BCUT2D eigenvalue weighted by molar-refractivity contribution is -0.108. The Morgan fingerprint density at radius 2 is 1.81 bits per heavy atom. The van der Waals surface area contributed by atoms with Gasteiger partial charge in [0.15, 0.2) is 5.84 Å². The maximum Gasteiger partial charge on any atom is 0.255 e. The van der Waals surface area contributed by atoms with Crippen molar-refractivity contribution >= 4 is 34.7 Å². The molecule has 1 amide bonds. The Kier molecular flexibility index (Phi) is 10.8. The number of nitrogens with zero attached hydrogens (tertiary/aromatic N) is 3. The molecule has 1 saturated heterocycles. The van der Waals surface area contributed by atoms with E-state index in [1.165, 1.54) is 18.3 Å². The number of carbonyl (C=O) groups is 2. The fourth-order valence-corrected chi connectivity index (χ4v) is 4.93. The number of ketones is 1. The lowest BCUT2D eigenvalue weighted by Crippen LogP contribution is -2.39. The number of amidine groups is 1. The van der Waals surface area contributed by atoms with E-state index >= 15 is 0 Å². The lowest BCUT2D eigenvalue weighted by atomic mass is 9.89. The van der Waals surface area contributed by atoms with Gasteiger partial charge >= 0.3 is 0 Å². The van der Waals surface area contributed by atoms with Crippen LogP contribution in [-0.4, -0.2) is 54.5 Å². The molecule has 1 aliphatic heterocycles. The van der Waals surface area contributed by atoms with Crippen LogP contribution in [0.2, 0.25) is 5.02 Å². The van der Waals surface area contributed by atoms with E-state index in [0.29, 0.717) is 40.7 Å². The summed E-state index contributed by atoms with van der Waals surface area (Å²) >= 11 is 6.53. The van der Waals surface area contributed by atoms with Crippen LogP contribution in [0.15, 0.2) is 60.2 Å². The Morgan fingerprint density at radius 3 is 2.35 bits per heavy atom. The van der Waals surface area contributed by atoms with Gasteiger partial charge in [-0.3, -0.25) is 14.6 Å². The minimum atomic E-state index is -0.257. The number of aryl methyl sites for hydroxylation is 1. The van der Waals surface area contributed by atoms with E-state index in [1.54, 1.807) is 44.1 Å². The highest BCUT2D eigenvalue weighted by Crippen LogP contribution is 2.30. The third-order valence-electron chi connectivity index (χ3n) is 6.73. The number of allylic oxidation sites excluding steroid dienone is 1. The van der Waals surface area contributed by atoms with Gasteiger partial charge in [0, 0.05) is 32.8 Å². The third kappa shape index (κ3) is 6.95. The number of aliphatic imine (C=N–C) groups is 1. The molecule has 7 heteroatoms. The van der Waals surface area contributed by atoms with E-state index in [1.807, 2.05) is 24.0 Å². The van der Waals surface area contributed by atoms with E-state index in [0.717, 1.165) is 30.4 Å². The van der Waals surface area contributed by atoms with Crippen LogP contribution < -0.4 is 0 Å². The van der Waals surface area contributed by atoms with Crippen LogP contribution in [0.3, 0.4) is 0 Å². The topological polar surface area (TPSA) is 53.0 Å². The Hall–Kier alpha value is -3.25. The number of Topliss-reactive ketones (excluding diaryl/α,β-unsaturated/α-hetero) is 1. The Bertz CT molecular complexity index is 1200. The van der Waals surface area contributed by atoms with E-state index in [-0.39, 0.29) is 30.8 Å². The van der Waals surface area contributed by atoms with Gasteiger partial charge < -0.3 is 9.80 Å². The van der Waals surface area contributed by atoms with Crippen LogP contribution in [0.4, 0.5) is 4.39 Å². The highest BCUT2D eigenvalue weighted by Gasteiger charge is 2.27. The fourth-order valence-electron chi connectivity index (χ4n) is 4.63. The number of likely N-dealkylation sites (N-methyl/N-ethyl adjacent to an activating group) is 1. The summed E-state index contributed by atoms with van der Waals surface area (Å²) in [5, 5.41) is 0.366. The summed E-state index contributed by atoms with van der Waals surface area (Å²) < 4.78 is 13.2. The summed E-state index contributed by atoms with van der Waals surface area (Å²) in [6.45, 7) is 8.61. The van der Waals surface area contributed by atoms with Crippen LogP contribution in [0.5, 0.6) is 0 Å². The van der Waals surface area contributed by atoms with Gasteiger partial charge in [-0.15, -0.1) is 0 Å². The molecule has 0 atom stereocenters. The zero-order valence-electron chi connectivity index (χ0n) is 21.4. The van der Waals surface area contributed by atoms with Crippen molar-refractivity contribution in [3.8, 4) is 0 Å². The third-order valence-corrected chi connectivity index (χ3v) is 7.04. The molecule has 0 spiro atoms. The predicted octanol–water partition coefficient (Wildman–Crippen LogP) is 6.59. The number of piperidine rings is 1. The molecule has 2 aromatic rings. The van der Waals surface area contributed by atoms with Crippen molar-refractivity contribution in [3.63, 3.8) is 0 Å². The monoisotopic (exact) mass is 525 g/mol. The summed E-state index contributed by atoms with van der Waals surface area (Å²) in [6, 6.07) is 10.1. The quantitative estimate of drug-likeness (QED) is 0.232. The molecule has 1 aliphatic rings. The van der Waals surface area contributed by atoms with Crippen molar-refractivity contribution < 1.29 is 14.0 Å². The van der Waals surface area contributed by atoms with Crippen LogP contribution in [0.25, 0.3) is 5.57 Å². The fraction of sp³-hybridized carbons (Fsp3) is 0.367. The smallest absolute Gasteiger partial charge is 0.255 e. The molecule has 0 unspecified atom stereocenters. The lowest BCUT2D eigenvalue weighted by Gasteiger charge is -2.32. The molecule has 0 aliphatic carbocycles. The standard InChI is InChI=1S/C29H33ClFN3O2.CH4/c1-6-23(27(35)28(32-4)33(5)7-2)24-18-25(26(30)16-19(24)3)29(36)34-14-12-21(13-15-34)17-20-8-10-22(31)11-9-20;/h6-11,16,18,21H,2,12-15,17H2,1,3-5H3;1H4/b23-6+,32-28?;. The highest BCUT2D eigenvalue weighted by molar-refractivity contribution is 6.55. The van der Waals surface area contributed by atoms with Crippen molar-refractivity contribution in [3.05, 3.63) is 88.3 Å². The number of likely N-dealkylation sites (tertiary alicyclic amines) is 1. The van der Waals surface area contributed by atoms with Crippen molar-refractivity contribution in [2.75, 3.05) is 27.2 Å². The molecule has 37 heavy (non-hydrogen) atoms. The Labute approximate surface area is 225 Å². The number of benzene rings is 2. The molecule has 198 valence electrons. The van der Waals surface area contributed by atoms with Gasteiger partial charge in [-0.25, -0.2) is 4.39 Å². The second-order valence-electron chi connectivity index (χ2n) is 9.09. The van der Waals surface area contributed by atoms with Crippen molar-refractivity contribution in [1.82, 2.24) is 9.80 Å². The van der Waals surface area contributed by atoms with Gasteiger partial charge in [-0.1, -0.05) is 43.8 Å². The summed E-state index contributed by atoms with van der Waals surface area (Å²) in [5.74, 6) is 0.0555. The largest absolute Gasteiger partial charge is 0.339 e. The van der Waals surface area contributed by atoms with Gasteiger partial charge in [-0.05, 0) is 86.2 Å².